The van der Waals surface area contributed by atoms with Crippen LogP contribution in [-0.4, -0.2) is 17.9 Å². The lowest BCUT2D eigenvalue weighted by molar-refractivity contribution is -0.122. The van der Waals surface area contributed by atoms with E-state index in [2.05, 4.69) is 18.8 Å². The minimum Gasteiger partial charge on any atom is -0.497 e. The van der Waals surface area contributed by atoms with Crippen LogP contribution in [0.3, 0.4) is 0 Å². The Morgan fingerprint density at radius 3 is 2.63 bits per heavy atom. The van der Waals surface area contributed by atoms with Crippen molar-refractivity contribution in [2.45, 2.75) is 27.2 Å². The number of benzene rings is 1. The summed E-state index contributed by atoms with van der Waals surface area (Å²) >= 11 is 0. The number of fused-ring (bicyclic) bond motifs is 1. The molecule has 0 aliphatic carbocycles. The van der Waals surface area contributed by atoms with E-state index in [4.69, 9.17) is 4.74 Å². The van der Waals surface area contributed by atoms with Crippen molar-refractivity contribution < 1.29 is 9.53 Å². The van der Waals surface area contributed by atoms with Gasteiger partial charge in [-0.1, -0.05) is 20.8 Å². The zero-order valence-electron chi connectivity index (χ0n) is 12.0. The quantitative estimate of drug-likeness (QED) is 0.891. The molecular formula is C16H21NO2. The van der Waals surface area contributed by atoms with E-state index in [0.29, 0.717) is 12.3 Å². The number of methoxy groups -OCH3 is 1. The average Bonchev–Trinajstić information content (AvgIpc) is 2.78. The molecule has 102 valence electrons. The first kappa shape index (κ1) is 13.7. The summed E-state index contributed by atoms with van der Waals surface area (Å²) in [4.78, 5) is 15.4. The predicted octanol–water partition coefficient (Wildman–Crippen LogP) is 3.58. The van der Waals surface area contributed by atoms with Crippen molar-refractivity contribution in [1.29, 1.82) is 0 Å². The lowest BCUT2D eigenvalue weighted by Gasteiger charge is -2.13. The maximum Gasteiger partial charge on any atom is 0.141 e. The number of hydrogen-bond acceptors (Lipinski definition) is 2. The number of ether oxygens (including phenoxy) is 1. The molecule has 0 spiro atoms. The molecular weight excluding hydrogens is 238 g/mol. The van der Waals surface area contributed by atoms with Crippen molar-refractivity contribution in [3.8, 4) is 5.75 Å². The molecule has 2 aromatic rings. The second kappa shape index (κ2) is 5.47. The number of aromatic amines is 1. The number of carbonyl (C=O) groups excluding carboxylic acids is 1. The summed E-state index contributed by atoms with van der Waals surface area (Å²) in [5, 5.41) is 1.08. The van der Waals surface area contributed by atoms with E-state index in [0.717, 1.165) is 22.3 Å². The Bertz CT molecular complexity index is 583. The maximum absolute atomic E-state index is 12.1. The highest BCUT2D eigenvalue weighted by molar-refractivity contribution is 5.86. The van der Waals surface area contributed by atoms with E-state index in [1.807, 2.05) is 31.2 Å². The molecule has 0 saturated heterocycles. The van der Waals surface area contributed by atoms with Crippen LogP contribution in [0, 0.1) is 11.8 Å². The van der Waals surface area contributed by atoms with Crippen LogP contribution in [0.2, 0.25) is 0 Å². The van der Waals surface area contributed by atoms with Gasteiger partial charge in [-0.2, -0.15) is 0 Å². The van der Waals surface area contributed by atoms with Gasteiger partial charge in [-0.3, -0.25) is 4.79 Å². The summed E-state index contributed by atoms with van der Waals surface area (Å²) in [5.74, 6) is 1.60. The van der Waals surface area contributed by atoms with Crippen molar-refractivity contribution in [1.82, 2.24) is 4.98 Å². The number of carbonyl (C=O) groups is 1. The van der Waals surface area contributed by atoms with Crippen molar-refractivity contribution in [3.63, 3.8) is 0 Å². The highest BCUT2D eigenvalue weighted by Crippen LogP contribution is 2.22. The van der Waals surface area contributed by atoms with Gasteiger partial charge in [0.05, 0.1) is 7.11 Å². The number of H-pyrrole nitrogens is 1. The topological polar surface area (TPSA) is 42.1 Å². The summed E-state index contributed by atoms with van der Waals surface area (Å²) in [6, 6.07) is 7.91. The summed E-state index contributed by atoms with van der Waals surface area (Å²) < 4.78 is 5.20. The SMILES string of the molecule is COc1ccc2[nH]c(CC(=O)C(C)C(C)C)cc2c1. The van der Waals surface area contributed by atoms with Crippen molar-refractivity contribution in [3.05, 3.63) is 30.0 Å². The van der Waals surface area contributed by atoms with Gasteiger partial charge in [0.25, 0.3) is 0 Å². The molecule has 0 radical (unpaired) electrons. The highest BCUT2D eigenvalue weighted by Gasteiger charge is 2.17. The van der Waals surface area contributed by atoms with Gasteiger partial charge in [-0.05, 0) is 30.2 Å². The number of ketones is 1. The summed E-state index contributed by atoms with van der Waals surface area (Å²) in [5.41, 5.74) is 2.02. The second-order valence-electron chi connectivity index (χ2n) is 5.42. The van der Waals surface area contributed by atoms with Crippen LogP contribution in [0.5, 0.6) is 5.75 Å². The Labute approximate surface area is 114 Å². The molecule has 0 amide bonds. The number of aromatic nitrogens is 1. The molecule has 1 aromatic heterocycles. The smallest absolute Gasteiger partial charge is 0.141 e. The standard InChI is InChI=1S/C16H21NO2/c1-10(2)11(3)16(18)9-13-7-12-8-14(19-4)5-6-15(12)17-13/h5-8,10-11,17H,9H2,1-4H3. The Hall–Kier alpha value is -1.77. The van der Waals surface area contributed by atoms with Crippen LogP contribution in [0.15, 0.2) is 24.3 Å². The first-order valence-corrected chi connectivity index (χ1v) is 6.69. The normalized spacial score (nSPS) is 12.9. The second-order valence-corrected chi connectivity index (χ2v) is 5.42. The third kappa shape index (κ3) is 2.98. The highest BCUT2D eigenvalue weighted by atomic mass is 16.5. The fourth-order valence-electron chi connectivity index (χ4n) is 2.11. The minimum atomic E-state index is 0.0981. The molecule has 0 bridgehead atoms. The molecule has 0 aliphatic heterocycles. The van der Waals surface area contributed by atoms with Gasteiger partial charge in [0.1, 0.15) is 11.5 Å². The average molecular weight is 259 g/mol. The third-order valence-electron chi connectivity index (χ3n) is 3.76. The van der Waals surface area contributed by atoms with Crippen LogP contribution in [-0.2, 0) is 11.2 Å². The molecule has 19 heavy (non-hydrogen) atoms. The van der Waals surface area contributed by atoms with Crippen molar-refractivity contribution in [2.24, 2.45) is 11.8 Å². The molecule has 2 rings (SSSR count). The molecule has 1 aromatic carbocycles. The number of Topliss-reactive ketones (excluding diaryl/α,β-unsaturated/α-hetero) is 1. The van der Waals surface area contributed by atoms with Crippen molar-refractivity contribution in [2.75, 3.05) is 7.11 Å². The van der Waals surface area contributed by atoms with Crippen LogP contribution in [0.4, 0.5) is 0 Å². The van der Waals surface area contributed by atoms with Crippen molar-refractivity contribution >= 4 is 16.7 Å². The zero-order valence-corrected chi connectivity index (χ0v) is 12.0. The van der Waals surface area contributed by atoms with E-state index in [1.54, 1.807) is 7.11 Å². The first-order chi connectivity index (χ1) is 9.01. The van der Waals surface area contributed by atoms with Gasteiger partial charge in [0.2, 0.25) is 0 Å². The van der Waals surface area contributed by atoms with Crippen LogP contribution in [0.1, 0.15) is 26.5 Å². The molecule has 1 atom stereocenters. The molecule has 0 aliphatic rings. The molecule has 1 N–H and O–H groups in total. The van der Waals surface area contributed by atoms with E-state index < -0.39 is 0 Å². The van der Waals surface area contributed by atoms with Crippen LogP contribution in [0.25, 0.3) is 10.9 Å². The molecule has 0 saturated carbocycles. The van der Waals surface area contributed by atoms with Crippen LogP contribution < -0.4 is 4.74 Å². The molecule has 3 nitrogen and oxygen atoms in total. The fourth-order valence-corrected chi connectivity index (χ4v) is 2.11. The third-order valence-corrected chi connectivity index (χ3v) is 3.76. The molecule has 3 heteroatoms. The van der Waals surface area contributed by atoms with E-state index in [1.165, 1.54) is 0 Å². The predicted molar refractivity (Wildman–Crippen MR) is 77.6 cm³/mol. The summed E-state index contributed by atoms with van der Waals surface area (Å²) in [6.07, 6.45) is 0.469. The summed E-state index contributed by atoms with van der Waals surface area (Å²) in [7, 11) is 1.66. The Morgan fingerprint density at radius 1 is 1.26 bits per heavy atom. The van der Waals surface area contributed by atoms with Gasteiger partial charge in [-0.15, -0.1) is 0 Å². The molecule has 1 heterocycles. The van der Waals surface area contributed by atoms with Gasteiger partial charge in [0.15, 0.2) is 0 Å². The monoisotopic (exact) mass is 259 g/mol. The van der Waals surface area contributed by atoms with Gasteiger partial charge < -0.3 is 9.72 Å². The maximum atomic E-state index is 12.1. The Morgan fingerprint density at radius 2 is 2.00 bits per heavy atom. The van der Waals surface area contributed by atoms with E-state index in [-0.39, 0.29) is 11.7 Å². The zero-order chi connectivity index (χ0) is 14.0. The Balaban J connectivity index is 2.20. The number of rotatable bonds is 5. The fraction of sp³-hybridized carbons (Fsp3) is 0.438. The summed E-state index contributed by atoms with van der Waals surface area (Å²) in [6.45, 7) is 6.16. The van der Waals surface area contributed by atoms with Gasteiger partial charge in [0, 0.05) is 28.9 Å². The minimum absolute atomic E-state index is 0.0981. The molecule has 1 unspecified atom stereocenters. The molecule has 0 fully saturated rings. The lowest BCUT2D eigenvalue weighted by atomic mass is 9.91. The van der Waals surface area contributed by atoms with E-state index >= 15 is 0 Å². The largest absolute Gasteiger partial charge is 0.497 e. The van der Waals surface area contributed by atoms with Gasteiger partial charge in [-0.25, -0.2) is 0 Å². The number of hydrogen-bond donors (Lipinski definition) is 1. The first-order valence-electron chi connectivity index (χ1n) is 6.69. The number of nitrogens with one attached hydrogen (secondary N) is 1. The van der Waals surface area contributed by atoms with Gasteiger partial charge >= 0.3 is 0 Å². The van der Waals surface area contributed by atoms with Crippen LogP contribution >= 0.6 is 0 Å². The van der Waals surface area contributed by atoms with E-state index in [9.17, 15) is 4.79 Å². The lowest BCUT2D eigenvalue weighted by Crippen LogP contribution is -2.18. The Kier molecular flexibility index (Phi) is 3.93.